The van der Waals surface area contributed by atoms with Gasteiger partial charge < -0.3 is 10.6 Å². The standard InChI is InChI=1S/C19H16Cl2N4O/c1-2-12-5-3-4-6-16(12)24-18(26)17-9-10-22-19(25-17)23-13-7-8-14(20)15(21)11-13/h3-11H,2H2,1H3,(H,24,26)(H,22,23,25). The SMILES string of the molecule is CCc1ccccc1NC(=O)c1ccnc(Nc2ccc(Cl)c(Cl)c2)n1. The summed E-state index contributed by atoms with van der Waals surface area (Å²) in [6, 6.07) is 14.3. The third-order valence-electron chi connectivity index (χ3n) is 3.71. The maximum Gasteiger partial charge on any atom is 0.274 e. The molecule has 0 aliphatic carbocycles. The molecule has 1 heterocycles. The molecule has 2 aromatic carbocycles. The van der Waals surface area contributed by atoms with Gasteiger partial charge in [-0.2, -0.15) is 0 Å². The van der Waals surface area contributed by atoms with Crippen molar-refractivity contribution in [2.75, 3.05) is 10.6 Å². The minimum Gasteiger partial charge on any atom is -0.324 e. The number of aromatic nitrogens is 2. The van der Waals surface area contributed by atoms with E-state index < -0.39 is 0 Å². The summed E-state index contributed by atoms with van der Waals surface area (Å²) in [4.78, 5) is 20.9. The monoisotopic (exact) mass is 386 g/mol. The first-order chi connectivity index (χ1) is 12.6. The minimum absolute atomic E-state index is 0.258. The van der Waals surface area contributed by atoms with E-state index in [0.29, 0.717) is 21.7 Å². The molecule has 0 atom stereocenters. The van der Waals surface area contributed by atoms with Crippen LogP contribution in [0.1, 0.15) is 23.0 Å². The Balaban J connectivity index is 1.78. The number of nitrogens with one attached hydrogen (secondary N) is 2. The predicted molar refractivity (Wildman–Crippen MR) is 106 cm³/mol. The minimum atomic E-state index is -0.300. The summed E-state index contributed by atoms with van der Waals surface area (Å²) < 4.78 is 0. The third-order valence-corrected chi connectivity index (χ3v) is 4.45. The van der Waals surface area contributed by atoms with E-state index in [4.69, 9.17) is 23.2 Å². The highest BCUT2D eigenvalue weighted by Crippen LogP contribution is 2.26. The Bertz CT molecular complexity index is 946. The van der Waals surface area contributed by atoms with Gasteiger partial charge in [0.25, 0.3) is 5.91 Å². The van der Waals surface area contributed by atoms with Crippen molar-refractivity contribution in [1.82, 2.24) is 9.97 Å². The van der Waals surface area contributed by atoms with Crippen molar-refractivity contribution >= 4 is 46.4 Å². The number of hydrogen-bond acceptors (Lipinski definition) is 4. The summed E-state index contributed by atoms with van der Waals surface area (Å²) in [6.07, 6.45) is 2.35. The van der Waals surface area contributed by atoms with E-state index in [0.717, 1.165) is 17.7 Å². The molecule has 0 saturated heterocycles. The average molecular weight is 387 g/mol. The number of rotatable bonds is 5. The van der Waals surface area contributed by atoms with Crippen LogP contribution in [0.15, 0.2) is 54.7 Å². The van der Waals surface area contributed by atoms with E-state index >= 15 is 0 Å². The molecule has 26 heavy (non-hydrogen) atoms. The molecular formula is C19H16Cl2N4O. The van der Waals surface area contributed by atoms with E-state index in [9.17, 15) is 4.79 Å². The Morgan fingerprint density at radius 2 is 1.88 bits per heavy atom. The number of aryl methyl sites for hydroxylation is 1. The lowest BCUT2D eigenvalue weighted by molar-refractivity contribution is 0.102. The molecule has 7 heteroatoms. The molecule has 1 amide bonds. The van der Waals surface area contributed by atoms with Crippen LogP contribution in [0.25, 0.3) is 0 Å². The van der Waals surface area contributed by atoms with Gasteiger partial charge in [0, 0.05) is 17.6 Å². The normalized spacial score (nSPS) is 10.4. The van der Waals surface area contributed by atoms with E-state index in [1.807, 2.05) is 31.2 Å². The van der Waals surface area contributed by atoms with Crippen LogP contribution in [-0.2, 0) is 6.42 Å². The topological polar surface area (TPSA) is 66.9 Å². The lowest BCUT2D eigenvalue weighted by Gasteiger charge is -2.10. The third kappa shape index (κ3) is 4.31. The van der Waals surface area contributed by atoms with E-state index in [2.05, 4.69) is 20.6 Å². The van der Waals surface area contributed by atoms with Crippen LogP contribution in [0.5, 0.6) is 0 Å². The summed E-state index contributed by atoms with van der Waals surface area (Å²) in [5, 5.41) is 6.78. The highest BCUT2D eigenvalue weighted by atomic mass is 35.5. The maximum absolute atomic E-state index is 12.5. The molecule has 0 saturated carbocycles. The number of benzene rings is 2. The largest absolute Gasteiger partial charge is 0.324 e. The van der Waals surface area contributed by atoms with Gasteiger partial charge in [-0.25, -0.2) is 9.97 Å². The second-order valence-electron chi connectivity index (χ2n) is 5.48. The van der Waals surface area contributed by atoms with Crippen molar-refractivity contribution in [2.24, 2.45) is 0 Å². The van der Waals surface area contributed by atoms with Gasteiger partial charge in [0.2, 0.25) is 5.95 Å². The molecule has 132 valence electrons. The number of carbonyl (C=O) groups is 1. The Morgan fingerprint density at radius 1 is 1.08 bits per heavy atom. The highest BCUT2D eigenvalue weighted by molar-refractivity contribution is 6.42. The summed E-state index contributed by atoms with van der Waals surface area (Å²) in [5.74, 6) is -0.00898. The smallest absolute Gasteiger partial charge is 0.274 e. The Hall–Kier alpha value is -2.63. The molecule has 0 aliphatic rings. The first-order valence-electron chi connectivity index (χ1n) is 8.01. The fourth-order valence-electron chi connectivity index (χ4n) is 2.39. The molecular weight excluding hydrogens is 371 g/mol. The van der Waals surface area contributed by atoms with E-state index in [1.54, 1.807) is 24.3 Å². The van der Waals surface area contributed by atoms with Crippen LogP contribution in [0.2, 0.25) is 10.0 Å². The fourth-order valence-corrected chi connectivity index (χ4v) is 2.68. The molecule has 1 aromatic heterocycles. The van der Waals surface area contributed by atoms with Gasteiger partial charge in [-0.3, -0.25) is 4.79 Å². The van der Waals surface area contributed by atoms with Crippen LogP contribution in [0.3, 0.4) is 0 Å². The van der Waals surface area contributed by atoms with Crippen molar-refractivity contribution in [1.29, 1.82) is 0 Å². The van der Waals surface area contributed by atoms with Gasteiger partial charge in [-0.15, -0.1) is 0 Å². The molecule has 0 fully saturated rings. The highest BCUT2D eigenvalue weighted by Gasteiger charge is 2.11. The number of anilines is 3. The van der Waals surface area contributed by atoms with Gasteiger partial charge in [-0.05, 0) is 42.3 Å². The molecule has 3 aromatic rings. The zero-order valence-electron chi connectivity index (χ0n) is 14.0. The van der Waals surface area contributed by atoms with Crippen LogP contribution in [0, 0.1) is 0 Å². The quantitative estimate of drug-likeness (QED) is 0.620. The summed E-state index contributed by atoms with van der Waals surface area (Å²) in [5.41, 5.74) is 2.77. The lowest BCUT2D eigenvalue weighted by atomic mass is 10.1. The second-order valence-corrected chi connectivity index (χ2v) is 6.30. The number of hydrogen-bond donors (Lipinski definition) is 2. The summed E-state index contributed by atoms with van der Waals surface area (Å²) in [7, 11) is 0. The molecule has 5 nitrogen and oxygen atoms in total. The van der Waals surface area contributed by atoms with Crippen molar-refractivity contribution in [3.05, 3.63) is 76.0 Å². The molecule has 3 rings (SSSR count). The van der Waals surface area contributed by atoms with Gasteiger partial charge >= 0.3 is 0 Å². The fraction of sp³-hybridized carbons (Fsp3) is 0.105. The second kappa shape index (κ2) is 8.17. The molecule has 0 aliphatic heterocycles. The van der Waals surface area contributed by atoms with Crippen molar-refractivity contribution in [3.63, 3.8) is 0 Å². The molecule has 2 N–H and O–H groups in total. The Kier molecular flexibility index (Phi) is 5.71. The first-order valence-corrected chi connectivity index (χ1v) is 8.77. The average Bonchev–Trinajstić information content (AvgIpc) is 2.65. The van der Waals surface area contributed by atoms with Gasteiger partial charge in [0.05, 0.1) is 10.0 Å². The number of para-hydroxylation sites is 1. The van der Waals surface area contributed by atoms with Crippen molar-refractivity contribution in [2.45, 2.75) is 13.3 Å². The number of carbonyl (C=O) groups excluding carboxylic acids is 1. The Labute approximate surface area is 161 Å². The number of nitrogens with zero attached hydrogens (tertiary/aromatic N) is 2. The van der Waals surface area contributed by atoms with Crippen molar-refractivity contribution < 1.29 is 4.79 Å². The van der Waals surface area contributed by atoms with E-state index in [-0.39, 0.29) is 11.6 Å². The van der Waals surface area contributed by atoms with Crippen LogP contribution in [-0.4, -0.2) is 15.9 Å². The predicted octanol–water partition coefficient (Wildman–Crippen LogP) is 5.34. The number of amides is 1. The van der Waals surface area contributed by atoms with Crippen LogP contribution in [0.4, 0.5) is 17.3 Å². The van der Waals surface area contributed by atoms with Crippen molar-refractivity contribution in [3.8, 4) is 0 Å². The first kappa shape index (κ1) is 18.2. The Morgan fingerprint density at radius 3 is 2.65 bits per heavy atom. The molecule has 0 unspecified atom stereocenters. The molecule has 0 spiro atoms. The zero-order chi connectivity index (χ0) is 18.5. The van der Waals surface area contributed by atoms with Crippen LogP contribution >= 0.6 is 23.2 Å². The zero-order valence-corrected chi connectivity index (χ0v) is 15.5. The van der Waals surface area contributed by atoms with Gasteiger partial charge in [0.15, 0.2) is 0 Å². The molecule has 0 radical (unpaired) electrons. The summed E-state index contributed by atoms with van der Waals surface area (Å²) >= 11 is 11.9. The van der Waals surface area contributed by atoms with Gasteiger partial charge in [0.1, 0.15) is 5.69 Å². The van der Waals surface area contributed by atoms with Gasteiger partial charge in [-0.1, -0.05) is 48.3 Å². The maximum atomic E-state index is 12.5. The summed E-state index contributed by atoms with van der Waals surface area (Å²) in [6.45, 7) is 2.04. The van der Waals surface area contributed by atoms with E-state index in [1.165, 1.54) is 6.20 Å². The molecule has 0 bridgehead atoms. The lowest BCUT2D eigenvalue weighted by Crippen LogP contribution is -2.15. The van der Waals surface area contributed by atoms with Crippen LogP contribution < -0.4 is 10.6 Å². The number of halogens is 2.